The minimum absolute atomic E-state index is 0.294. The van der Waals surface area contributed by atoms with Gasteiger partial charge in [-0.3, -0.25) is 15.2 Å². The summed E-state index contributed by atoms with van der Waals surface area (Å²) in [5, 5.41) is 11.4. The van der Waals surface area contributed by atoms with E-state index in [1.165, 1.54) is 24.8 Å². The first-order chi connectivity index (χ1) is 17.6. The molecule has 10 nitrogen and oxygen atoms in total. The molecule has 0 fully saturated rings. The van der Waals surface area contributed by atoms with Crippen LogP contribution >= 0.6 is 0 Å². The molecule has 0 unspecified atom stereocenters. The van der Waals surface area contributed by atoms with Crippen molar-refractivity contribution in [3.8, 4) is 29.0 Å². The number of nitrogens with two attached hydrogens (primary N) is 1. The zero-order valence-electron chi connectivity index (χ0n) is 19.3. The van der Waals surface area contributed by atoms with Gasteiger partial charge in [0.15, 0.2) is 30.5 Å². The second-order valence-electron chi connectivity index (χ2n) is 7.39. The van der Waals surface area contributed by atoms with Crippen LogP contribution in [0.2, 0.25) is 0 Å². The monoisotopic (exact) mass is 482 g/mol. The maximum atomic E-state index is 12.4. The fourth-order valence-electron chi connectivity index (χ4n) is 3.54. The van der Waals surface area contributed by atoms with Crippen LogP contribution in [0.25, 0.3) is 11.3 Å². The van der Waals surface area contributed by atoms with Gasteiger partial charge in [-0.25, -0.2) is 9.78 Å². The first-order valence-corrected chi connectivity index (χ1v) is 10.7. The summed E-state index contributed by atoms with van der Waals surface area (Å²) < 4.78 is 16.4. The van der Waals surface area contributed by atoms with Crippen LogP contribution < -0.4 is 25.4 Å². The molecular formula is C26H22N6O4. The Kier molecular flexibility index (Phi) is 7.43. The predicted molar refractivity (Wildman–Crippen MR) is 135 cm³/mol. The van der Waals surface area contributed by atoms with Crippen LogP contribution in [0.1, 0.15) is 5.56 Å². The molecule has 3 aromatic carbocycles. The number of aliphatic imine (C=N–C) groups is 1. The number of carbonyl (C=O) groups is 1. The number of nitrogens with zero attached hydrogens (tertiary/aromatic N) is 4. The van der Waals surface area contributed by atoms with E-state index in [0.717, 1.165) is 5.56 Å². The van der Waals surface area contributed by atoms with Crippen LogP contribution in [0.5, 0.6) is 11.5 Å². The maximum absolute atomic E-state index is 12.4. The van der Waals surface area contributed by atoms with Gasteiger partial charge >= 0.3 is 6.03 Å². The molecule has 1 heterocycles. The third kappa shape index (κ3) is 5.43. The average molecular weight is 483 g/mol. The third-order valence-electron chi connectivity index (χ3n) is 5.14. The summed E-state index contributed by atoms with van der Waals surface area (Å²) >= 11 is 0. The molecule has 0 aliphatic rings. The quantitative estimate of drug-likeness (QED) is 0.147. The SMILES string of the molecule is COc1cc(N(C(N)=O)c2cccc(CN=COc3ccccc3NC#N)c2)ccc1-c1cnco1. The van der Waals surface area contributed by atoms with Gasteiger partial charge in [-0.05, 0) is 42.0 Å². The number of aromatic nitrogens is 1. The number of carbonyl (C=O) groups excluding carboxylic acids is 1. The number of methoxy groups -OCH3 is 1. The molecule has 0 saturated carbocycles. The smallest absolute Gasteiger partial charge is 0.323 e. The number of nitrogens with one attached hydrogen (secondary N) is 1. The largest absolute Gasteiger partial charge is 0.496 e. The van der Waals surface area contributed by atoms with Crippen molar-refractivity contribution in [2.75, 3.05) is 17.3 Å². The number of primary amides is 1. The molecule has 4 rings (SSSR count). The fourth-order valence-corrected chi connectivity index (χ4v) is 3.54. The van der Waals surface area contributed by atoms with Crippen molar-refractivity contribution in [1.82, 2.24) is 4.98 Å². The predicted octanol–water partition coefficient (Wildman–Crippen LogP) is 5.07. The van der Waals surface area contributed by atoms with Crippen LogP contribution in [0.4, 0.5) is 21.9 Å². The molecule has 0 atom stereocenters. The fraction of sp³-hybridized carbons (Fsp3) is 0.0769. The van der Waals surface area contributed by atoms with Crippen molar-refractivity contribution >= 4 is 29.5 Å². The van der Waals surface area contributed by atoms with Crippen molar-refractivity contribution in [1.29, 1.82) is 5.26 Å². The molecule has 0 bridgehead atoms. The van der Waals surface area contributed by atoms with Crippen molar-refractivity contribution in [3.05, 3.63) is 84.9 Å². The lowest BCUT2D eigenvalue weighted by molar-refractivity contribution is 0.256. The molecule has 0 saturated heterocycles. The molecule has 3 N–H and O–H groups in total. The molecule has 36 heavy (non-hydrogen) atoms. The molecule has 0 spiro atoms. The molecule has 0 radical (unpaired) electrons. The number of oxazole rings is 1. The molecule has 1 aromatic heterocycles. The van der Waals surface area contributed by atoms with Gasteiger partial charge in [-0.15, -0.1) is 0 Å². The Hall–Kier alpha value is -5.30. The first kappa shape index (κ1) is 23.8. The molecule has 180 valence electrons. The maximum Gasteiger partial charge on any atom is 0.323 e. The normalized spacial score (nSPS) is 10.6. The molecule has 10 heteroatoms. The lowest BCUT2D eigenvalue weighted by Crippen LogP contribution is -2.31. The van der Waals surface area contributed by atoms with E-state index in [4.69, 9.17) is 24.9 Å². The number of anilines is 3. The zero-order valence-corrected chi connectivity index (χ0v) is 19.3. The first-order valence-electron chi connectivity index (χ1n) is 10.7. The summed E-state index contributed by atoms with van der Waals surface area (Å²) in [6.07, 6.45) is 6.09. The topological polar surface area (TPSA) is 139 Å². The molecular weight excluding hydrogens is 460 g/mol. The Morgan fingerprint density at radius 3 is 2.75 bits per heavy atom. The Labute approximate surface area is 207 Å². The van der Waals surface area contributed by atoms with Gasteiger partial charge in [0.1, 0.15) is 5.75 Å². The summed E-state index contributed by atoms with van der Waals surface area (Å²) in [5.41, 5.74) is 8.88. The van der Waals surface area contributed by atoms with Gasteiger partial charge in [0.05, 0.1) is 42.5 Å². The average Bonchev–Trinajstić information content (AvgIpc) is 3.43. The number of urea groups is 1. The van der Waals surface area contributed by atoms with Crippen molar-refractivity contribution in [2.24, 2.45) is 10.7 Å². The number of rotatable bonds is 9. The van der Waals surface area contributed by atoms with Gasteiger partial charge in [0, 0.05) is 6.07 Å². The van der Waals surface area contributed by atoms with Gasteiger partial charge in [0.2, 0.25) is 0 Å². The van der Waals surface area contributed by atoms with Crippen LogP contribution in [0.15, 0.2) is 88.7 Å². The van der Waals surface area contributed by atoms with E-state index >= 15 is 0 Å². The van der Waals surface area contributed by atoms with E-state index in [0.29, 0.717) is 46.4 Å². The number of ether oxygens (including phenoxy) is 2. The number of hydrogen-bond acceptors (Lipinski definition) is 8. The van der Waals surface area contributed by atoms with Crippen molar-refractivity contribution < 1.29 is 18.7 Å². The summed E-state index contributed by atoms with van der Waals surface area (Å²) in [7, 11) is 1.53. The summed E-state index contributed by atoms with van der Waals surface area (Å²) in [5.74, 6) is 1.51. The number of para-hydroxylation sites is 2. The Bertz CT molecular complexity index is 1410. The summed E-state index contributed by atoms with van der Waals surface area (Å²) in [6, 6.07) is 18.9. The third-order valence-corrected chi connectivity index (χ3v) is 5.14. The highest BCUT2D eigenvalue weighted by Crippen LogP contribution is 2.36. The zero-order chi connectivity index (χ0) is 25.3. The van der Waals surface area contributed by atoms with Gasteiger partial charge in [0.25, 0.3) is 0 Å². The standard InChI is InChI=1S/C26H22N6O4/c1-34-24-12-20(9-10-21(24)25-14-30-17-36-25)32(26(28)33)19-6-4-5-18(11-19)13-29-16-35-23-8-3-2-7-22(23)31-15-27/h2-12,14,16-17,31H,13H2,1H3,(H2,28,33). The highest BCUT2D eigenvalue weighted by Gasteiger charge is 2.19. The van der Waals surface area contributed by atoms with Crippen LogP contribution in [-0.4, -0.2) is 24.5 Å². The second-order valence-corrected chi connectivity index (χ2v) is 7.39. The number of nitriles is 1. The van der Waals surface area contributed by atoms with E-state index in [9.17, 15) is 4.79 Å². The second kappa shape index (κ2) is 11.2. The van der Waals surface area contributed by atoms with Crippen LogP contribution in [0.3, 0.4) is 0 Å². The highest BCUT2D eigenvalue weighted by atomic mass is 16.5. The van der Waals surface area contributed by atoms with Gasteiger partial charge < -0.3 is 19.6 Å². The molecule has 0 aliphatic heterocycles. The van der Waals surface area contributed by atoms with E-state index in [-0.39, 0.29) is 0 Å². The van der Waals surface area contributed by atoms with Crippen molar-refractivity contribution in [3.63, 3.8) is 0 Å². The number of amides is 2. The number of hydrogen-bond donors (Lipinski definition) is 2. The van der Waals surface area contributed by atoms with E-state index < -0.39 is 6.03 Å². The molecule has 2 amide bonds. The number of benzene rings is 3. The van der Waals surface area contributed by atoms with Crippen LogP contribution in [-0.2, 0) is 6.54 Å². The minimum Gasteiger partial charge on any atom is -0.496 e. The Morgan fingerprint density at radius 1 is 1.17 bits per heavy atom. The molecule has 4 aromatic rings. The van der Waals surface area contributed by atoms with E-state index in [1.807, 2.05) is 24.4 Å². The summed E-state index contributed by atoms with van der Waals surface area (Å²) in [6.45, 7) is 0.294. The van der Waals surface area contributed by atoms with Crippen LogP contribution in [0, 0.1) is 11.5 Å². The lowest BCUT2D eigenvalue weighted by atomic mass is 10.1. The lowest BCUT2D eigenvalue weighted by Gasteiger charge is -2.22. The van der Waals surface area contributed by atoms with E-state index in [1.54, 1.807) is 54.7 Å². The van der Waals surface area contributed by atoms with Gasteiger partial charge in [-0.1, -0.05) is 24.3 Å². The highest BCUT2D eigenvalue weighted by molar-refractivity contribution is 5.99. The van der Waals surface area contributed by atoms with Crippen molar-refractivity contribution in [2.45, 2.75) is 6.54 Å². The summed E-state index contributed by atoms with van der Waals surface area (Å²) in [4.78, 5) is 22.0. The minimum atomic E-state index is -0.657. The van der Waals surface area contributed by atoms with E-state index in [2.05, 4.69) is 15.3 Å². The van der Waals surface area contributed by atoms with Gasteiger partial charge in [-0.2, -0.15) is 5.26 Å². The Balaban J connectivity index is 1.53. The Morgan fingerprint density at radius 2 is 2.00 bits per heavy atom. The molecule has 0 aliphatic carbocycles.